The van der Waals surface area contributed by atoms with Crippen molar-refractivity contribution in [1.29, 1.82) is 0 Å². The number of ether oxygens (including phenoxy) is 2. The second kappa shape index (κ2) is 38.3. The number of rotatable bonds is 26. The van der Waals surface area contributed by atoms with E-state index in [-0.39, 0.29) is 95.1 Å². The van der Waals surface area contributed by atoms with Crippen LogP contribution in [0.3, 0.4) is 0 Å². The maximum Gasteiger partial charge on any atom is 1.00 e. The molecule has 1 aromatic heterocycles. The SMILES string of the molecule is CCCCCCCCCCCCCCCCCCOC.COP(=O)([O-])C(=O)[O-].Cc1cn(C2C[C@@H](N=[N+]=[N-])C(COP(=O)([O-])OC(C)C)O2)c(=O)[nH]c1=O.[Na+].[Na+].[Na+]. The third-order valence-corrected chi connectivity index (χ3v) is 10.3. The van der Waals surface area contributed by atoms with E-state index < -0.39 is 63.5 Å². The van der Waals surface area contributed by atoms with Crippen LogP contribution in [0, 0.1) is 6.92 Å². The molecule has 0 aliphatic carbocycles. The Labute approximate surface area is 404 Å². The van der Waals surface area contributed by atoms with Gasteiger partial charge >= 0.3 is 94.4 Å². The number of carboxylic acid groups (broad SMARTS) is 1. The Morgan fingerprint density at radius 2 is 1.42 bits per heavy atom. The maximum absolute atomic E-state index is 12.0. The van der Waals surface area contributed by atoms with Crippen LogP contribution < -0.4 is 115 Å². The molecule has 0 radical (unpaired) electrons. The van der Waals surface area contributed by atoms with E-state index in [2.05, 4.69) is 31.0 Å². The second-order valence-electron chi connectivity index (χ2n) is 13.3. The quantitative estimate of drug-likeness (QED) is 0.0246. The number of H-pyrrole nitrogens is 1. The van der Waals surface area contributed by atoms with E-state index in [0.29, 0.717) is 5.56 Å². The van der Waals surface area contributed by atoms with Crippen molar-refractivity contribution >= 4 is 21.1 Å². The van der Waals surface area contributed by atoms with Gasteiger partial charge in [0.1, 0.15) is 11.9 Å². The Morgan fingerprint density at radius 1 is 0.947 bits per heavy atom. The molecule has 2 rings (SSSR count). The van der Waals surface area contributed by atoms with Gasteiger partial charge in [-0.1, -0.05) is 108 Å². The summed E-state index contributed by atoms with van der Waals surface area (Å²) >= 11 is 0. The van der Waals surface area contributed by atoms with Gasteiger partial charge in [0.25, 0.3) is 13.4 Å². The van der Waals surface area contributed by atoms with E-state index in [1.807, 2.05) is 0 Å². The minimum Gasteiger partial charge on any atom is -0.774 e. The number of aromatic amines is 1. The Morgan fingerprint density at radius 3 is 1.81 bits per heavy atom. The number of nitrogens with zero attached hydrogens (tertiary/aromatic N) is 4. The van der Waals surface area contributed by atoms with E-state index in [1.54, 1.807) is 7.11 Å². The van der Waals surface area contributed by atoms with Crippen LogP contribution in [-0.4, -0.2) is 60.9 Å². The molecule has 57 heavy (non-hydrogen) atoms. The minimum absolute atomic E-state index is 0. The van der Waals surface area contributed by atoms with Gasteiger partial charge in [-0.15, -0.1) is 0 Å². The Kier molecular flexibility index (Phi) is 43.2. The number of hydrogen-bond donors (Lipinski definition) is 1. The zero-order valence-corrected chi connectivity index (χ0v) is 43.6. The first kappa shape index (κ1) is 64.3. The largest absolute Gasteiger partial charge is 1.00 e. The third kappa shape index (κ3) is 32.0. The van der Waals surface area contributed by atoms with Crippen molar-refractivity contribution in [3.63, 3.8) is 0 Å². The van der Waals surface area contributed by atoms with E-state index in [9.17, 15) is 38.4 Å². The van der Waals surface area contributed by atoms with Crippen LogP contribution >= 0.6 is 15.4 Å². The molecule has 0 amide bonds. The van der Waals surface area contributed by atoms with Crippen molar-refractivity contribution in [2.75, 3.05) is 27.4 Å². The molecule has 0 aromatic carbocycles. The van der Waals surface area contributed by atoms with Gasteiger partial charge in [-0.25, -0.2) is 4.79 Å². The smallest absolute Gasteiger partial charge is 0.774 e. The van der Waals surface area contributed by atoms with E-state index in [1.165, 1.54) is 130 Å². The monoisotopic (exact) mass is 879 g/mol. The molecule has 1 fully saturated rings. The maximum atomic E-state index is 12.0. The van der Waals surface area contributed by atoms with Crippen molar-refractivity contribution in [2.24, 2.45) is 5.11 Å². The van der Waals surface area contributed by atoms with Crippen molar-refractivity contribution in [3.8, 4) is 0 Å². The number of aryl methyl sites for hydroxylation is 1. The second-order valence-corrected chi connectivity index (χ2v) is 16.3. The summed E-state index contributed by atoms with van der Waals surface area (Å²) < 4.78 is 46.4. The van der Waals surface area contributed by atoms with Crippen LogP contribution in [-0.2, 0) is 32.2 Å². The van der Waals surface area contributed by atoms with Gasteiger partial charge in [0, 0.05) is 43.9 Å². The van der Waals surface area contributed by atoms with Crippen LogP contribution in [0.4, 0.5) is 4.79 Å². The molecule has 1 saturated heterocycles. The average molecular weight is 880 g/mol. The topological polar surface area (TPSA) is 270 Å². The Balaban J connectivity index is -0.000000405. The summed E-state index contributed by atoms with van der Waals surface area (Å²) in [5, 5.41) is 13.0. The minimum atomic E-state index is -4.69. The molecule has 23 heteroatoms. The molecule has 5 atom stereocenters. The standard InChI is InChI=1S/C19H40O.C13H20N5O7P.C2H5O5P.3Na/c1-3-4-5-6-7-8-9-10-11-12-13-14-15-16-17-18-19-20-2;1-7(2)25-26(21,22)23-6-10-9(16-17-14)4-11(24-10)18-5-8(3)12(19)15-13(18)20;1-7-8(5,6)2(3)4;;;/h3-19H2,1-2H3;5,7,9-11H,4,6H2,1-3H3,(H,21,22)(H,15,19,20);1H3,(H,3,4)(H,5,6);;;/q;;;3*+1/p-3/t;9-,10?,11?;;;;/m.1..../s1. The molecule has 1 N–H and O–H groups in total. The van der Waals surface area contributed by atoms with Gasteiger partial charge in [-0.2, -0.15) is 0 Å². The summed E-state index contributed by atoms with van der Waals surface area (Å²) in [6, 6.07) is -0.761. The predicted molar refractivity (Wildman–Crippen MR) is 199 cm³/mol. The molecule has 1 aliphatic rings. The summed E-state index contributed by atoms with van der Waals surface area (Å²) in [6.07, 6.45) is 22.0. The first-order valence-corrected chi connectivity index (χ1v) is 21.8. The van der Waals surface area contributed by atoms with Gasteiger partial charge in [0.2, 0.25) is 0 Å². The third-order valence-electron chi connectivity index (χ3n) is 8.26. The van der Waals surface area contributed by atoms with E-state index >= 15 is 0 Å². The Bertz CT molecular complexity index is 1430. The van der Waals surface area contributed by atoms with Crippen LogP contribution in [0.2, 0.25) is 0 Å². The number of phosphoric ester groups is 1. The number of carbonyl (C=O) groups is 1. The van der Waals surface area contributed by atoms with Crippen molar-refractivity contribution in [1.82, 2.24) is 9.55 Å². The first-order chi connectivity index (χ1) is 25.5. The number of phosphoric acid groups is 1. The number of unbranched alkanes of at least 4 members (excludes halogenated alkanes) is 15. The summed E-state index contributed by atoms with van der Waals surface area (Å²) in [5.74, 6) is 0. The number of carbonyl (C=O) groups excluding carboxylic acids is 1. The molecular formula is C34H62N5Na3O13P2. The molecule has 18 nitrogen and oxygen atoms in total. The van der Waals surface area contributed by atoms with E-state index in [0.717, 1.165) is 18.3 Å². The molecule has 1 aromatic rings. The van der Waals surface area contributed by atoms with Gasteiger partial charge in [0.15, 0.2) is 7.60 Å². The van der Waals surface area contributed by atoms with Gasteiger partial charge in [-0.05, 0) is 32.7 Å². The van der Waals surface area contributed by atoms with Crippen molar-refractivity contribution in [3.05, 3.63) is 43.0 Å². The van der Waals surface area contributed by atoms with Crippen LogP contribution in [0.1, 0.15) is 142 Å². The van der Waals surface area contributed by atoms with Crippen LogP contribution in [0.15, 0.2) is 20.9 Å². The van der Waals surface area contributed by atoms with Gasteiger partial charge < -0.3 is 47.3 Å². The summed E-state index contributed by atoms with van der Waals surface area (Å²) in [5.41, 5.74) is 5.58. The number of azide groups is 1. The molecule has 1 aliphatic heterocycles. The van der Waals surface area contributed by atoms with E-state index in [4.69, 9.17) is 19.5 Å². The van der Waals surface area contributed by atoms with Gasteiger partial charge in [0.05, 0.1) is 24.9 Å². The van der Waals surface area contributed by atoms with Crippen LogP contribution in [0.5, 0.6) is 0 Å². The molecule has 0 saturated carbocycles. The summed E-state index contributed by atoms with van der Waals surface area (Å²) in [4.78, 5) is 59.2. The molecular weight excluding hydrogens is 817 g/mol. The summed E-state index contributed by atoms with van der Waals surface area (Å²) in [6.45, 7) is 7.38. The van der Waals surface area contributed by atoms with Gasteiger partial charge in [-0.3, -0.25) is 18.9 Å². The molecule has 4 unspecified atom stereocenters. The molecule has 314 valence electrons. The average Bonchev–Trinajstić information content (AvgIpc) is 3.51. The normalized spacial score (nSPS) is 17.7. The fourth-order valence-corrected chi connectivity index (χ4v) is 6.40. The number of methoxy groups -OCH3 is 1. The predicted octanol–water partition coefficient (Wildman–Crippen LogP) is -2.84. The fraction of sp³-hybridized carbons (Fsp3) is 0.853. The fourth-order valence-electron chi connectivity index (χ4n) is 5.35. The Hall–Kier alpha value is 0.640. The number of aromatic nitrogens is 2. The number of hydrogen-bond acceptors (Lipinski definition) is 14. The van der Waals surface area contributed by atoms with Crippen molar-refractivity contribution < 1.29 is 141 Å². The number of nitrogens with one attached hydrogen (secondary N) is 1. The molecule has 2 heterocycles. The summed E-state index contributed by atoms with van der Waals surface area (Å²) in [7, 11) is -6.68. The molecule has 0 bridgehead atoms. The zero-order chi connectivity index (χ0) is 41.0. The first-order valence-electron chi connectivity index (χ1n) is 18.8. The van der Waals surface area contributed by atoms with Crippen molar-refractivity contribution in [2.45, 2.75) is 161 Å². The molecule has 0 spiro atoms. The zero-order valence-electron chi connectivity index (χ0n) is 35.8. The van der Waals surface area contributed by atoms with Crippen LogP contribution in [0.25, 0.3) is 10.4 Å².